The number of aromatic hydroxyl groups is 1. The molecule has 0 aliphatic heterocycles. The second-order valence-corrected chi connectivity index (χ2v) is 6.65. The first-order chi connectivity index (χ1) is 9.50. The predicted molar refractivity (Wildman–Crippen MR) is 88.3 cm³/mol. The highest BCUT2D eigenvalue weighted by Gasteiger charge is 2.27. The number of phenols is 1. The average molecular weight is 419 g/mol. The Kier molecular flexibility index (Phi) is 5.24. The van der Waals surface area contributed by atoms with Gasteiger partial charge in [-0.2, -0.15) is 0 Å². The molecule has 2 rings (SSSR count). The van der Waals surface area contributed by atoms with Crippen molar-refractivity contribution >= 4 is 49.2 Å². The van der Waals surface area contributed by atoms with Crippen molar-refractivity contribution in [3.8, 4) is 5.75 Å². The molecule has 5 heteroatoms. The van der Waals surface area contributed by atoms with E-state index < -0.39 is 4.83 Å². The van der Waals surface area contributed by atoms with Crippen LogP contribution in [0.3, 0.4) is 0 Å². The van der Waals surface area contributed by atoms with Gasteiger partial charge in [0, 0.05) is 5.02 Å². The molecule has 0 aliphatic rings. The molecule has 0 fully saturated rings. The number of hydrogen-bond acceptors (Lipinski definition) is 2. The van der Waals surface area contributed by atoms with E-state index in [1.165, 1.54) is 6.07 Å². The fourth-order valence-electron chi connectivity index (χ4n) is 1.78. The fraction of sp³-hybridized carbons (Fsp3) is 0.133. The molecule has 2 unspecified atom stereocenters. The lowest BCUT2D eigenvalue weighted by molar-refractivity contribution is 0.0988. The quantitative estimate of drug-likeness (QED) is 0.552. The molecule has 0 aromatic heterocycles. The summed E-state index contributed by atoms with van der Waals surface area (Å²) in [6.07, 6.45) is 0. The second-order valence-electron chi connectivity index (χ2n) is 4.24. The highest BCUT2D eigenvalue weighted by atomic mass is 79.9. The molecule has 0 bridgehead atoms. The Balaban J connectivity index is 2.22. The molecule has 0 spiro atoms. The largest absolute Gasteiger partial charge is 0.507 e. The van der Waals surface area contributed by atoms with Gasteiger partial charge < -0.3 is 5.11 Å². The minimum Gasteiger partial charge on any atom is -0.507 e. The van der Waals surface area contributed by atoms with Gasteiger partial charge in [-0.15, -0.1) is 0 Å². The van der Waals surface area contributed by atoms with Gasteiger partial charge in [0.05, 0.1) is 15.2 Å². The van der Waals surface area contributed by atoms with Crippen LogP contribution in [0.5, 0.6) is 5.75 Å². The number of carbonyl (C=O) groups excluding carboxylic acids is 1. The van der Waals surface area contributed by atoms with Crippen molar-refractivity contribution in [2.24, 2.45) is 0 Å². The lowest BCUT2D eigenvalue weighted by Gasteiger charge is -2.17. The van der Waals surface area contributed by atoms with E-state index in [4.69, 9.17) is 11.6 Å². The molecule has 104 valence electrons. The Morgan fingerprint density at radius 1 is 1.05 bits per heavy atom. The summed E-state index contributed by atoms with van der Waals surface area (Å²) in [5.74, 6) is -0.197. The van der Waals surface area contributed by atoms with Gasteiger partial charge in [-0.3, -0.25) is 4.79 Å². The maximum absolute atomic E-state index is 12.4. The van der Waals surface area contributed by atoms with Gasteiger partial charge in [-0.1, -0.05) is 67.7 Å². The van der Waals surface area contributed by atoms with E-state index in [-0.39, 0.29) is 16.4 Å². The Morgan fingerprint density at radius 2 is 1.65 bits per heavy atom. The van der Waals surface area contributed by atoms with E-state index in [0.717, 1.165) is 5.56 Å². The molecule has 0 saturated heterocycles. The average Bonchev–Trinajstić information content (AvgIpc) is 2.46. The highest BCUT2D eigenvalue weighted by Crippen LogP contribution is 2.35. The zero-order valence-electron chi connectivity index (χ0n) is 10.3. The number of benzene rings is 2. The molecule has 2 nitrogen and oxygen atoms in total. The number of hydrogen-bond donors (Lipinski definition) is 1. The first kappa shape index (κ1) is 15.5. The molecular weight excluding hydrogens is 407 g/mol. The third-order valence-electron chi connectivity index (χ3n) is 2.87. The van der Waals surface area contributed by atoms with Crippen molar-refractivity contribution < 1.29 is 9.90 Å². The van der Waals surface area contributed by atoms with Crippen LogP contribution in [0.15, 0.2) is 48.5 Å². The number of para-hydroxylation sites is 1. The summed E-state index contributed by atoms with van der Waals surface area (Å²) in [4.78, 5) is 11.7. The van der Waals surface area contributed by atoms with Gasteiger partial charge >= 0.3 is 0 Å². The number of alkyl halides is 2. The molecule has 2 aromatic carbocycles. The van der Waals surface area contributed by atoms with E-state index in [1.807, 2.05) is 12.1 Å². The molecular formula is C15H11Br2ClO2. The molecule has 0 saturated carbocycles. The number of ketones is 1. The summed E-state index contributed by atoms with van der Waals surface area (Å²) in [6.45, 7) is 0. The Bertz CT molecular complexity index is 614. The standard InChI is InChI=1S/C15H11Br2ClO2/c16-13(9-5-7-10(18)8-6-9)14(17)15(20)11-3-1-2-4-12(11)19/h1-8,13-14,19H. The zero-order valence-corrected chi connectivity index (χ0v) is 14.2. The van der Waals surface area contributed by atoms with Gasteiger partial charge in [0.25, 0.3) is 0 Å². The Labute approximate surface area is 139 Å². The van der Waals surface area contributed by atoms with Gasteiger partial charge in [0.15, 0.2) is 5.78 Å². The summed E-state index contributed by atoms with van der Waals surface area (Å²) >= 11 is 12.7. The maximum atomic E-state index is 12.4. The number of Topliss-reactive ketones (excluding diaryl/α,β-unsaturated/α-hetero) is 1. The van der Waals surface area contributed by atoms with Crippen LogP contribution in [0, 0.1) is 0 Å². The van der Waals surface area contributed by atoms with Crippen LogP contribution >= 0.6 is 43.5 Å². The predicted octanol–water partition coefficient (Wildman–Crippen LogP) is 5.13. The van der Waals surface area contributed by atoms with Crippen LogP contribution in [-0.4, -0.2) is 15.7 Å². The Hall–Kier alpha value is -0.840. The van der Waals surface area contributed by atoms with Crippen molar-refractivity contribution in [2.75, 3.05) is 0 Å². The summed E-state index contributed by atoms with van der Waals surface area (Å²) in [7, 11) is 0. The second kappa shape index (κ2) is 6.74. The van der Waals surface area contributed by atoms with E-state index in [0.29, 0.717) is 10.6 Å². The normalized spacial score (nSPS) is 13.8. The molecule has 2 aromatic rings. The van der Waals surface area contributed by atoms with E-state index in [2.05, 4.69) is 31.9 Å². The van der Waals surface area contributed by atoms with E-state index in [1.54, 1.807) is 30.3 Å². The van der Waals surface area contributed by atoms with E-state index in [9.17, 15) is 9.90 Å². The molecule has 20 heavy (non-hydrogen) atoms. The molecule has 0 heterocycles. The lowest BCUT2D eigenvalue weighted by atomic mass is 10.0. The first-order valence-corrected chi connectivity index (χ1v) is 8.07. The van der Waals surface area contributed by atoms with Crippen LogP contribution in [0.2, 0.25) is 5.02 Å². The van der Waals surface area contributed by atoms with Crippen molar-refractivity contribution in [1.29, 1.82) is 0 Å². The van der Waals surface area contributed by atoms with Crippen LogP contribution in [0.4, 0.5) is 0 Å². The first-order valence-electron chi connectivity index (χ1n) is 5.86. The topological polar surface area (TPSA) is 37.3 Å². The maximum Gasteiger partial charge on any atom is 0.181 e. The fourth-order valence-corrected chi connectivity index (χ4v) is 3.00. The van der Waals surface area contributed by atoms with Crippen molar-refractivity contribution in [3.63, 3.8) is 0 Å². The summed E-state index contributed by atoms with van der Waals surface area (Å²) in [6, 6.07) is 13.8. The Morgan fingerprint density at radius 3 is 2.25 bits per heavy atom. The van der Waals surface area contributed by atoms with Crippen molar-refractivity contribution in [1.82, 2.24) is 0 Å². The summed E-state index contributed by atoms with van der Waals surface area (Å²) in [5.41, 5.74) is 1.23. The number of phenolic OH excluding ortho intramolecular Hbond substituents is 1. The van der Waals surface area contributed by atoms with Gasteiger partial charge in [-0.25, -0.2) is 0 Å². The van der Waals surface area contributed by atoms with E-state index >= 15 is 0 Å². The van der Waals surface area contributed by atoms with Crippen LogP contribution in [0.25, 0.3) is 0 Å². The molecule has 0 amide bonds. The number of carbonyl (C=O) groups is 1. The molecule has 2 atom stereocenters. The minimum atomic E-state index is -0.489. The number of rotatable bonds is 4. The van der Waals surface area contributed by atoms with Crippen LogP contribution in [-0.2, 0) is 0 Å². The van der Waals surface area contributed by atoms with Crippen molar-refractivity contribution in [3.05, 3.63) is 64.7 Å². The molecule has 0 radical (unpaired) electrons. The van der Waals surface area contributed by atoms with Gasteiger partial charge in [-0.05, 0) is 29.8 Å². The van der Waals surface area contributed by atoms with Crippen LogP contribution in [0.1, 0.15) is 20.7 Å². The molecule has 0 aliphatic carbocycles. The third-order valence-corrected chi connectivity index (χ3v) is 5.83. The van der Waals surface area contributed by atoms with Gasteiger partial charge in [0.1, 0.15) is 5.75 Å². The lowest BCUT2D eigenvalue weighted by Crippen LogP contribution is -2.19. The third kappa shape index (κ3) is 3.43. The SMILES string of the molecule is O=C(c1ccccc1O)C(Br)C(Br)c1ccc(Cl)cc1. The smallest absolute Gasteiger partial charge is 0.181 e. The number of halogens is 3. The van der Waals surface area contributed by atoms with Gasteiger partial charge in [0.2, 0.25) is 0 Å². The summed E-state index contributed by atoms with van der Waals surface area (Å²) in [5, 5.41) is 10.4. The summed E-state index contributed by atoms with van der Waals surface area (Å²) < 4.78 is 0. The highest BCUT2D eigenvalue weighted by molar-refractivity contribution is 9.12. The monoisotopic (exact) mass is 416 g/mol. The zero-order chi connectivity index (χ0) is 14.7. The van der Waals surface area contributed by atoms with Crippen LogP contribution < -0.4 is 0 Å². The minimum absolute atomic E-state index is 0.0160. The molecule has 1 N–H and O–H groups in total. The van der Waals surface area contributed by atoms with Crippen molar-refractivity contribution in [2.45, 2.75) is 9.65 Å².